The Kier molecular flexibility index (Phi) is 3.99. The second-order valence-electron chi connectivity index (χ2n) is 4.87. The van der Waals surface area contributed by atoms with Crippen molar-refractivity contribution in [3.05, 3.63) is 67.0 Å². The van der Waals surface area contributed by atoms with Crippen molar-refractivity contribution in [3.63, 3.8) is 0 Å². The van der Waals surface area contributed by atoms with Crippen molar-refractivity contribution in [3.8, 4) is 0 Å². The van der Waals surface area contributed by atoms with Crippen molar-refractivity contribution in [1.82, 2.24) is 9.97 Å². The van der Waals surface area contributed by atoms with Gasteiger partial charge in [0.15, 0.2) is 0 Å². The van der Waals surface area contributed by atoms with Crippen LogP contribution in [0.25, 0.3) is 11.0 Å². The third-order valence-corrected chi connectivity index (χ3v) is 5.51. The quantitative estimate of drug-likeness (QED) is 0.548. The minimum absolute atomic E-state index is 0.00523. The van der Waals surface area contributed by atoms with E-state index >= 15 is 0 Å². The van der Waals surface area contributed by atoms with E-state index in [0.717, 1.165) is 37.2 Å². The molecule has 0 aliphatic carbocycles. The molecular weight excluding hydrogens is 419 g/mol. The summed E-state index contributed by atoms with van der Waals surface area (Å²) in [7, 11) is 0. The number of H-pyrrole nitrogens is 2. The number of rotatable bonds is 2. The summed E-state index contributed by atoms with van der Waals surface area (Å²) < 4.78 is 0.930. The monoisotopic (exact) mass is 428 g/mol. The van der Waals surface area contributed by atoms with Crippen molar-refractivity contribution in [2.75, 3.05) is 0 Å². The highest BCUT2D eigenvalue weighted by Crippen LogP contribution is 2.37. The van der Waals surface area contributed by atoms with Gasteiger partial charge in [-0.2, -0.15) is 0 Å². The molecule has 1 atom stereocenters. The van der Waals surface area contributed by atoms with Crippen LogP contribution in [0.5, 0.6) is 0 Å². The van der Waals surface area contributed by atoms with Crippen LogP contribution >= 0.6 is 43.5 Å². The van der Waals surface area contributed by atoms with Crippen molar-refractivity contribution in [1.29, 1.82) is 0 Å². The molecule has 3 rings (SSSR count). The van der Waals surface area contributed by atoms with Crippen LogP contribution in [0.15, 0.2) is 39.6 Å². The van der Waals surface area contributed by atoms with Gasteiger partial charge in [0.05, 0.1) is 15.9 Å². The fraction of sp³-hybridized carbons (Fsp3) is 0.133. The first-order valence-electron chi connectivity index (χ1n) is 6.27. The molecule has 2 aromatic carbocycles. The zero-order valence-electron chi connectivity index (χ0n) is 11.0. The topological polar surface area (TPSA) is 48.6 Å². The molecule has 0 saturated carbocycles. The number of benzene rings is 2. The van der Waals surface area contributed by atoms with Crippen LogP contribution in [-0.2, 0) is 0 Å². The van der Waals surface area contributed by atoms with E-state index in [9.17, 15) is 4.79 Å². The molecule has 6 heteroatoms. The van der Waals surface area contributed by atoms with E-state index in [-0.39, 0.29) is 10.5 Å². The Morgan fingerprint density at radius 1 is 1.14 bits per heavy atom. The highest BCUT2D eigenvalue weighted by Gasteiger charge is 2.16. The van der Waals surface area contributed by atoms with Crippen LogP contribution in [0, 0.1) is 6.92 Å². The largest absolute Gasteiger partial charge is 0.323 e. The minimum Gasteiger partial charge on any atom is -0.306 e. The Balaban J connectivity index is 2.11. The number of aromatic amines is 2. The van der Waals surface area contributed by atoms with Gasteiger partial charge in [-0.25, -0.2) is 4.79 Å². The van der Waals surface area contributed by atoms with E-state index < -0.39 is 0 Å². The predicted octanol–water partition coefficient (Wildman–Crippen LogP) is 5.06. The standard InChI is InChI=1S/C15H11Br2ClN2O/c1-7-4-8(2-3-11(7)18)14(17)9-5-12-13(6-10(9)16)20-15(21)19-12/h2-6,14H,1H3,(H2,19,20,21). The molecular formula is C15H11Br2ClN2O. The maximum atomic E-state index is 11.4. The van der Waals surface area contributed by atoms with Gasteiger partial charge in [-0.15, -0.1) is 0 Å². The van der Waals surface area contributed by atoms with E-state index in [0.29, 0.717) is 0 Å². The summed E-state index contributed by atoms with van der Waals surface area (Å²) in [5.74, 6) is 0. The summed E-state index contributed by atoms with van der Waals surface area (Å²) in [5, 5.41) is 0.753. The van der Waals surface area contributed by atoms with Crippen LogP contribution in [-0.4, -0.2) is 9.97 Å². The lowest BCUT2D eigenvalue weighted by atomic mass is 10.0. The van der Waals surface area contributed by atoms with Crippen molar-refractivity contribution in [2.45, 2.75) is 11.8 Å². The molecule has 0 bridgehead atoms. The summed E-state index contributed by atoms with van der Waals surface area (Å²) in [5.41, 5.74) is 4.54. The number of aryl methyl sites for hydroxylation is 1. The number of fused-ring (bicyclic) bond motifs is 1. The van der Waals surface area contributed by atoms with Crippen LogP contribution < -0.4 is 5.69 Å². The first-order valence-corrected chi connectivity index (χ1v) is 8.36. The number of imidazole rings is 1. The Morgan fingerprint density at radius 2 is 1.81 bits per heavy atom. The van der Waals surface area contributed by atoms with Crippen molar-refractivity contribution < 1.29 is 0 Å². The first kappa shape index (κ1) is 14.9. The molecule has 2 N–H and O–H groups in total. The number of halogens is 3. The van der Waals surface area contributed by atoms with Crippen molar-refractivity contribution in [2.24, 2.45) is 0 Å². The van der Waals surface area contributed by atoms with E-state index in [1.165, 1.54) is 0 Å². The zero-order chi connectivity index (χ0) is 15.1. The van der Waals surface area contributed by atoms with E-state index in [1.54, 1.807) is 0 Å². The van der Waals surface area contributed by atoms with Gasteiger partial charge in [0.25, 0.3) is 0 Å². The van der Waals surface area contributed by atoms with Crippen LogP contribution in [0.1, 0.15) is 21.5 Å². The lowest BCUT2D eigenvalue weighted by Gasteiger charge is -2.14. The summed E-state index contributed by atoms with van der Waals surface area (Å²) in [4.78, 5) is 16.9. The van der Waals surface area contributed by atoms with Gasteiger partial charge in [0, 0.05) is 9.50 Å². The number of hydrogen-bond donors (Lipinski definition) is 2. The van der Waals surface area contributed by atoms with Gasteiger partial charge < -0.3 is 9.97 Å². The maximum Gasteiger partial charge on any atom is 0.323 e. The molecule has 0 saturated heterocycles. The molecule has 0 spiro atoms. The third kappa shape index (κ3) is 2.82. The highest BCUT2D eigenvalue weighted by molar-refractivity contribution is 9.11. The average molecular weight is 431 g/mol. The fourth-order valence-electron chi connectivity index (χ4n) is 2.27. The second kappa shape index (κ2) is 5.63. The Morgan fingerprint density at radius 3 is 2.48 bits per heavy atom. The fourth-order valence-corrected chi connectivity index (χ4v) is 3.93. The van der Waals surface area contributed by atoms with E-state index in [1.807, 2.05) is 31.2 Å². The lowest BCUT2D eigenvalue weighted by Crippen LogP contribution is -1.99. The second-order valence-corrected chi connectivity index (χ2v) is 7.05. The number of aromatic nitrogens is 2. The molecule has 1 unspecified atom stereocenters. The molecule has 21 heavy (non-hydrogen) atoms. The number of nitrogens with one attached hydrogen (secondary N) is 2. The molecule has 3 nitrogen and oxygen atoms in total. The lowest BCUT2D eigenvalue weighted by molar-refractivity contribution is 1.16. The number of hydrogen-bond acceptors (Lipinski definition) is 1. The zero-order valence-corrected chi connectivity index (χ0v) is 14.9. The smallest absolute Gasteiger partial charge is 0.306 e. The predicted molar refractivity (Wildman–Crippen MR) is 93.6 cm³/mol. The Labute approximate surface area is 143 Å². The summed E-state index contributed by atoms with van der Waals surface area (Å²) in [6.07, 6.45) is 0. The molecule has 1 heterocycles. The van der Waals surface area contributed by atoms with Gasteiger partial charge in [-0.05, 0) is 41.8 Å². The first-order chi connectivity index (χ1) is 9.95. The van der Waals surface area contributed by atoms with Gasteiger partial charge in [0.1, 0.15) is 0 Å². The molecule has 0 aliphatic rings. The molecule has 3 aromatic rings. The molecule has 0 radical (unpaired) electrons. The summed E-state index contributed by atoms with van der Waals surface area (Å²) in [6, 6.07) is 9.80. The average Bonchev–Trinajstić information content (AvgIpc) is 2.79. The third-order valence-electron chi connectivity index (χ3n) is 3.38. The van der Waals surface area contributed by atoms with Crippen LogP contribution in [0.2, 0.25) is 5.02 Å². The van der Waals surface area contributed by atoms with Gasteiger partial charge in [0.2, 0.25) is 0 Å². The SMILES string of the molecule is Cc1cc(C(Br)c2cc3[nH]c(=O)[nH]c3cc2Br)ccc1Cl. The van der Waals surface area contributed by atoms with E-state index in [4.69, 9.17) is 11.6 Å². The van der Waals surface area contributed by atoms with Gasteiger partial charge in [-0.1, -0.05) is 55.6 Å². The highest BCUT2D eigenvalue weighted by atomic mass is 79.9. The molecule has 108 valence electrons. The molecule has 0 amide bonds. The van der Waals surface area contributed by atoms with Gasteiger partial charge in [-0.3, -0.25) is 0 Å². The number of alkyl halides is 1. The van der Waals surface area contributed by atoms with Crippen molar-refractivity contribution >= 4 is 54.5 Å². The summed E-state index contributed by atoms with van der Waals surface area (Å²) >= 11 is 13.4. The summed E-state index contributed by atoms with van der Waals surface area (Å²) in [6.45, 7) is 1.98. The van der Waals surface area contributed by atoms with Crippen LogP contribution in [0.4, 0.5) is 0 Å². The normalized spacial score (nSPS) is 12.8. The van der Waals surface area contributed by atoms with Crippen LogP contribution in [0.3, 0.4) is 0 Å². The van der Waals surface area contributed by atoms with E-state index in [2.05, 4.69) is 47.9 Å². The Hall–Kier alpha value is -1.04. The Bertz CT molecular complexity index is 885. The van der Waals surface area contributed by atoms with Gasteiger partial charge >= 0.3 is 5.69 Å². The maximum absolute atomic E-state index is 11.4. The molecule has 0 fully saturated rings. The molecule has 0 aliphatic heterocycles. The molecule has 1 aromatic heterocycles. The minimum atomic E-state index is -0.206.